The number of aliphatic carboxylic acids is 2. The van der Waals surface area contributed by atoms with Gasteiger partial charge in [-0.1, -0.05) is 89.9 Å². The van der Waals surface area contributed by atoms with Crippen molar-refractivity contribution in [2.24, 2.45) is 0 Å². The summed E-state index contributed by atoms with van der Waals surface area (Å²) in [5.74, 6) is -2.66. The second kappa shape index (κ2) is 38.1. The molecule has 0 bridgehead atoms. The van der Waals surface area contributed by atoms with Crippen molar-refractivity contribution in [3.63, 3.8) is 0 Å². The number of Topliss-reactive ketones (excluding diaryl/α,β-unsaturated/α-hetero) is 1. The number of carboxylic acid groups (broad SMARTS) is 2. The molecule has 0 aromatic heterocycles. The molecule has 0 aromatic carbocycles. The van der Waals surface area contributed by atoms with Gasteiger partial charge in [0, 0.05) is 32.4 Å². The lowest BCUT2D eigenvalue weighted by molar-refractivity contribution is -0.142. The van der Waals surface area contributed by atoms with Crippen LogP contribution in [0.1, 0.15) is 142 Å². The topological polar surface area (TPSA) is 216 Å². The third-order valence-electron chi connectivity index (χ3n) is 8.49. The Kier molecular flexibility index (Phi) is 35.9. The van der Waals surface area contributed by atoms with Crippen LogP contribution >= 0.6 is 0 Å². The van der Waals surface area contributed by atoms with Crippen molar-refractivity contribution in [3.05, 3.63) is 0 Å². The van der Waals surface area contributed by atoms with Gasteiger partial charge in [-0.05, 0) is 32.6 Å². The summed E-state index contributed by atoms with van der Waals surface area (Å²) in [5.41, 5.74) is 0. The molecule has 0 saturated carbocycles. The van der Waals surface area contributed by atoms with Gasteiger partial charge in [0.15, 0.2) is 5.78 Å². The molecule has 0 aliphatic heterocycles. The number of ether oxygens (including phenoxy) is 4. The molecule has 0 spiro atoms. The van der Waals surface area contributed by atoms with Crippen LogP contribution in [0.15, 0.2) is 0 Å². The number of rotatable bonds is 41. The van der Waals surface area contributed by atoms with E-state index in [-0.39, 0.29) is 82.3 Å². The number of carbonyl (C=O) groups is 6. The van der Waals surface area contributed by atoms with E-state index in [1.165, 1.54) is 64.7 Å². The molecule has 0 aliphatic rings. The fraction of sp³-hybridized carbons (Fsp3) is 0.846. The Labute approximate surface area is 322 Å². The first kappa shape index (κ1) is 50.9. The van der Waals surface area contributed by atoms with Crippen LogP contribution in [0, 0.1) is 0 Å². The van der Waals surface area contributed by atoms with Crippen LogP contribution in [-0.2, 0) is 47.7 Å². The van der Waals surface area contributed by atoms with Crippen molar-refractivity contribution in [3.8, 4) is 0 Å². The van der Waals surface area contributed by atoms with Crippen LogP contribution in [0.25, 0.3) is 0 Å². The van der Waals surface area contributed by atoms with Crippen molar-refractivity contribution in [1.82, 2.24) is 16.0 Å². The monoisotopic (exact) mass is 774 g/mol. The number of ketones is 1. The summed E-state index contributed by atoms with van der Waals surface area (Å²) >= 11 is 0. The van der Waals surface area contributed by atoms with E-state index >= 15 is 0 Å². The molecule has 5 N–H and O–H groups in total. The molecular formula is C39H71N3O12. The van der Waals surface area contributed by atoms with Crippen LogP contribution in [-0.4, -0.2) is 118 Å². The fourth-order valence-corrected chi connectivity index (χ4v) is 5.51. The maximum Gasteiger partial charge on any atom is 0.326 e. The van der Waals surface area contributed by atoms with Gasteiger partial charge >= 0.3 is 11.9 Å². The third kappa shape index (κ3) is 38.6. The highest BCUT2D eigenvalue weighted by Gasteiger charge is 2.19. The molecule has 0 rings (SSSR count). The van der Waals surface area contributed by atoms with Gasteiger partial charge in [-0.25, -0.2) is 4.79 Å². The van der Waals surface area contributed by atoms with Crippen LogP contribution in [0.4, 0.5) is 0 Å². The van der Waals surface area contributed by atoms with E-state index in [9.17, 15) is 33.9 Å². The van der Waals surface area contributed by atoms with E-state index in [1.807, 2.05) is 0 Å². The van der Waals surface area contributed by atoms with E-state index in [1.54, 1.807) is 0 Å². The fourth-order valence-electron chi connectivity index (χ4n) is 5.51. The average molecular weight is 774 g/mol. The minimum atomic E-state index is -1.11. The molecule has 0 aromatic rings. The van der Waals surface area contributed by atoms with Crippen LogP contribution in [0.2, 0.25) is 0 Å². The molecule has 0 aliphatic carbocycles. The second-order valence-electron chi connectivity index (χ2n) is 13.6. The third-order valence-corrected chi connectivity index (χ3v) is 8.49. The van der Waals surface area contributed by atoms with E-state index in [0.29, 0.717) is 39.2 Å². The van der Waals surface area contributed by atoms with Gasteiger partial charge in [0.25, 0.3) is 0 Å². The summed E-state index contributed by atoms with van der Waals surface area (Å²) in [6.07, 6.45) is 19.2. The number of carboxylic acids is 2. The lowest BCUT2D eigenvalue weighted by Gasteiger charge is -2.14. The van der Waals surface area contributed by atoms with E-state index in [4.69, 9.17) is 24.1 Å². The van der Waals surface area contributed by atoms with Crippen LogP contribution in [0.5, 0.6) is 0 Å². The summed E-state index contributed by atoms with van der Waals surface area (Å²) in [5, 5.41) is 26.1. The summed E-state index contributed by atoms with van der Waals surface area (Å²) in [4.78, 5) is 69.0. The normalized spacial score (nSPS) is 11.6. The van der Waals surface area contributed by atoms with Crippen LogP contribution in [0.3, 0.4) is 0 Å². The Morgan fingerprint density at radius 2 is 0.870 bits per heavy atom. The number of unbranched alkanes of at least 4 members (excludes halogenated alkanes) is 15. The number of hydrogen-bond donors (Lipinski definition) is 5. The van der Waals surface area contributed by atoms with Gasteiger partial charge in [-0.2, -0.15) is 0 Å². The molecule has 54 heavy (non-hydrogen) atoms. The number of hydrogen-bond acceptors (Lipinski definition) is 10. The van der Waals surface area contributed by atoms with Gasteiger partial charge in [-0.15, -0.1) is 0 Å². The highest BCUT2D eigenvalue weighted by molar-refractivity contribution is 5.83. The first-order chi connectivity index (χ1) is 26.1. The lowest BCUT2D eigenvalue weighted by atomic mass is 10.0. The smallest absolute Gasteiger partial charge is 0.326 e. The molecular weight excluding hydrogens is 702 g/mol. The average Bonchev–Trinajstić information content (AvgIpc) is 3.12. The highest BCUT2D eigenvalue weighted by Crippen LogP contribution is 2.14. The maximum atomic E-state index is 12.3. The van der Waals surface area contributed by atoms with Crippen molar-refractivity contribution in [2.45, 2.75) is 148 Å². The predicted octanol–water partition coefficient (Wildman–Crippen LogP) is 4.72. The van der Waals surface area contributed by atoms with E-state index < -0.39 is 18.0 Å². The summed E-state index contributed by atoms with van der Waals surface area (Å²) in [7, 11) is 0. The zero-order chi connectivity index (χ0) is 39.9. The Bertz CT molecular complexity index is 998. The zero-order valence-electron chi connectivity index (χ0n) is 33.0. The van der Waals surface area contributed by atoms with Crippen molar-refractivity contribution in [1.29, 1.82) is 0 Å². The molecule has 3 amide bonds. The Morgan fingerprint density at radius 3 is 1.33 bits per heavy atom. The first-order valence-corrected chi connectivity index (χ1v) is 20.2. The zero-order valence-corrected chi connectivity index (χ0v) is 33.0. The molecule has 1 atom stereocenters. The first-order valence-electron chi connectivity index (χ1n) is 20.2. The second-order valence-corrected chi connectivity index (χ2v) is 13.6. The molecule has 314 valence electrons. The van der Waals surface area contributed by atoms with Gasteiger partial charge in [0.2, 0.25) is 17.7 Å². The molecule has 0 unspecified atom stereocenters. The molecule has 15 heteroatoms. The number of carbonyl (C=O) groups excluding carboxylic acids is 4. The summed E-state index contributed by atoms with van der Waals surface area (Å²) < 4.78 is 21.0. The van der Waals surface area contributed by atoms with E-state index in [0.717, 1.165) is 44.9 Å². The predicted molar refractivity (Wildman–Crippen MR) is 204 cm³/mol. The highest BCUT2D eigenvalue weighted by atomic mass is 16.5. The molecule has 0 radical (unpaired) electrons. The SMILES string of the molecule is CC(=O)COCCOCCNC(=O)COCCOCCNC(=O)CCC[C@H](NC(=O)CCCCCCCCCCCCCCCCCCC(=O)O)C(=O)O. The molecule has 0 fully saturated rings. The number of nitrogens with one attached hydrogen (secondary N) is 3. The Morgan fingerprint density at radius 1 is 0.463 bits per heavy atom. The van der Waals surface area contributed by atoms with Gasteiger partial charge < -0.3 is 45.1 Å². The largest absolute Gasteiger partial charge is 0.481 e. The minimum absolute atomic E-state index is 0.0517. The molecule has 0 heterocycles. The summed E-state index contributed by atoms with van der Waals surface area (Å²) in [6, 6.07) is -1.02. The van der Waals surface area contributed by atoms with Crippen molar-refractivity contribution < 1.29 is 57.9 Å². The Balaban J connectivity index is 3.62. The quantitative estimate of drug-likeness (QED) is 0.0534. The Hall–Kier alpha value is -3.14. The van der Waals surface area contributed by atoms with Crippen molar-refractivity contribution >= 4 is 35.4 Å². The lowest BCUT2D eigenvalue weighted by Crippen LogP contribution is -2.40. The number of amides is 3. The molecule has 0 saturated heterocycles. The molecule has 15 nitrogen and oxygen atoms in total. The standard InChI is InChI=1S/C39H71N3O12/c1-33(43)31-53-29-27-52-26-24-41-37(46)32-54-30-28-51-25-23-40-35(44)21-18-19-34(39(49)50)42-36(45)20-16-14-12-10-8-6-4-2-3-5-7-9-11-13-15-17-22-38(47)48/h34H,2-32H2,1H3,(H,40,44)(H,41,46)(H,42,45)(H,47,48)(H,49,50)/t34-/m0/s1. The summed E-state index contributed by atoms with van der Waals surface area (Å²) in [6.45, 7) is 3.64. The van der Waals surface area contributed by atoms with Crippen molar-refractivity contribution in [2.75, 3.05) is 65.9 Å². The van der Waals surface area contributed by atoms with Crippen LogP contribution < -0.4 is 16.0 Å². The van der Waals surface area contributed by atoms with Gasteiger partial charge in [0.1, 0.15) is 19.3 Å². The minimum Gasteiger partial charge on any atom is -0.481 e. The maximum absolute atomic E-state index is 12.3. The van der Waals surface area contributed by atoms with Gasteiger partial charge in [0.05, 0.1) is 39.6 Å². The van der Waals surface area contributed by atoms with E-state index in [2.05, 4.69) is 16.0 Å². The van der Waals surface area contributed by atoms with Gasteiger partial charge in [-0.3, -0.25) is 24.0 Å².